The number of ether oxygens (including phenoxy) is 1. The third kappa shape index (κ3) is 5.65. The van der Waals surface area contributed by atoms with Crippen LogP contribution in [0.15, 0.2) is 72.8 Å². The van der Waals surface area contributed by atoms with Gasteiger partial charge in [-0.05, 0) is 59.7 Å². The molecule has 1 aliphatic rings. The van der Waals surface area contributed by atoms with Crippen LogP contribution in [0.4, 0.5) is 10.1 Å². The van der Waals surface area contributed by atoms with Gasteiger partial charge in [-0.2, -0.15) is 0 Å². The Bertz CT molecular complexity index is 1030. The second-order valence-electron chi connectivity index (χ2n) is 7.97. The van der Waals surface area contributed by atoms with Crippen molar-refractivity contribution >= 4 is 11.6 Å². The number of methoxy groups -OCH3 is 1. The number of carbonyl (C=O) groups is 1. The normalized spacial score (nSPS) is 14.2. The van der Waals surface area contributed by atoms with E-state index < -0.39 is 0 Å². The molecule has 4 rings (SSSR count). The minimum absolute atomic E-state index is 0.206. The lowest BCUT2D eigenvalue weighted by atomic mass is 10.1. The van der Waals surface area contributed by atoms with E-state index in [2.05, 4.69) is 39.4 Å². The summed E-state index contributed by atoms with van der Waals surface area (Å²) in [6, 6.07) is 22.1. The standard InChI is InChI=1S/C26H28FN3O2/c1-32-25-11-5-20(6-12-25)19-29-13-15-30(16-14-29)24-4-2-3-21(17-24)18-28-26(31)22-7-9-23(27)10-8-22/h2-12,17H,13-16,18-19H2,1H3,(H,28,31). The topological polar surface area (TPSA) is 44.8 Å². The Morgan fingerprint density at radius 1 is 0.938 bits per heavy atom. The maximum atomic E-state index is 13.0. The first kappa shape index (κ1) is 21.8. The van der Waals surface area contributed by atoms with E-state index in [-0.39, 0.29) is 11.7 Å². The molecule has 6 heteroatoms. The summed E-state index contributed by atoms with van der Waals surface area (Å²) < 4.78 is 18.3. The second kappa shape index (κ2) is 10.3. The Kier molecular flexibility index (Phi) is 7.02. The van der Waals surface area contributed by atoms with Crippen LogP contribution in [0.2, 0.25) is 0 Å². The van der Waals surface area contributed by atoms with Crippen molar-refractivity contribution in [2.45, 2.75) is 13.1 Å². The molecule has 1 N–H and O–H groups in total. The first-order valence-corrected chi connectivity index (χ1v) is 10.8. The number of benzene rings is 3. The van der Waals surface area contributed by atoms with Gasteiger partial charge in [-0.15, -0.1) is 0 Å². The van der Waals surface area contributed by atoms with E-state index in [0.29, 0.717) is 12.1 Å². The Morgan fingerprint density at radius 2 is 1.66 bits per heavy atom. The molecule has 0 bridgehead atoms. The lowest BCUT2D eigenvalue weighted by Crippen LogP contribution is -2.46. The van der Waals surface area contributed by atoms with Gasteiger partial charge in [0.05, 0.1) is 7.11 Å². The molecule has 1 saturated heterocycles. The number of piperazine rings is 1. The van der Waals surface area contributed by atoms with Crippen LogP contribution in [0.5, 0.6) is 5.75 Å². The summed E-state index contributed by atoms with van der Waals surface area (Å²) >= 11 is 0. The zero-order valence-electron chi connectivity index (χ0n) is 18.3. The summed E-state index contributed by atoms with van der Waals surface area (Å²) in [4.78, 5) is 17.1. The van der Waals surface area contributed by atoms with Gasteiger partial charge in [0.15, 0.2) is 0 Å². The van der Waals surface area contributed by atoms with Gasteiger partial charge in [-0.25, -0.2) is 4.39 Å². The highest BCUT2D eigenvalue weighted by Crippen LogP contribution is 2.20. The van der Waals surface area contributed by atoms with Crippen molar-refractivity contribution in [1.82, 2.24) is 10.2 Å². The minimum Gasteiger partial charge on any atom is -0.497 e. The number of carbonyl (C=O) groups excluding carboxylic acids is 1. The molecule has 1 heterocycles. The van der Waals surface area contributed by atoms with E-state index >= 15 is 0 Å². The van der Waals surface area contributed by atoms with Crippen LogP contribution in [-0.2, 0) is 13.1 Å². The van der Waals surface area contributed by atoms with Crippen LogP contribution in [0.3, 0.4) is 0 Å². The molecule has 3 aromatic rings. The molecule has 166 valence electrons. The van der Waals surface area contributed by atoms with Crippen LogP contribution in [0.1, 0.15) is 21.5 Å². The molecule has 0 aliphatic carbocycles. The van der Waals surface area contributed by atoms with E-state index in [9.17, 15) is 9.18 Å². The molecular weight excluding hydrogens is 405 g/mol. The molecule has 1 fully saturated rings. The monoisotopic (exact) mass is 433 g/mol. The predicted molar refractivity (Wildman–Crippen MR) is 124 cm³/mol. The fourth-order valence-corrected chi connectivity index (χ4v) is 3.90. The maximum Gasteiger partial charge on any atom is 0.251 e. The molecule has 0 aromatic heterocycles. The Labute approximate surface area is 188 Å². The summed E-state index contributed by atoms with van der Waals surface area (Å²) in [5.74, 6) is 0.327. The molecule has 32 heavy (non-hydrogen) atoms. The van der Waals surface area contributed by atoms with Crippen molar-refractivity contribution in [3.63, 3.8) is 0 Å². The van der Waals surface area contributed by atoms with Crippen LogP contribution < -0.4 is 15.0 Å². The van der Waals surface area contributed by atoms with E-state index in [1.165, 1.54) is 35.5 Å². The Hall–Kier alpha value is -3.38. The molecule has 0 atom stereocenters. The number of amides is 1. The zero-order valence-corrected chi connectivity index (χ0v) is 18.3. The van der Waals surface area contributed by atoms with E-state index in [1.807, 2.05) is 24.3 Å². The Balaban J connectivity index is 1.28. The number of nitrogens with one attached hydrogen (secondary N) is 1. The van der Waals surface area contributed by atoms with Crippen LogP contribution >= 0.6 is 0 Å². The highest BCUT2D eigenvalue weighted by atomic mass is 19.1. The van der Waals surface area contributed by atoms with Gasteiger partial charge in [-0.1, -0.05) is 24.3 Å². The van der Waals surface area contributed by atoms with E-state index in [0.717, 1.165) is 44.0 Å². The summed E-state index contributed by atoms with van der Waals surface area (Å²) in [5.41, 5.74) is 3.95. The SMILES string of the molecule is COc1ccc(CN2CCN(c3cccc(CNC(=O)c4ccc(F)cc4)c3)CC2)cc1. The average Bonchev–Trinajstić information content (AvgIpc) is 2.84. The quantitative estimate of drug-likeness (QED) is 0.610. The third-order valence-electron chi connectivity index (χ3n) is 5.77. The second-order valence-corrected chi connectivity index (χ2v) is 7.97. The first-order chi connectivity index (χ1) is 15.6. The highest BCUT2D eigenvalue weighted by Gasteiger charge is 2.17. The van der Waals surface area contributed by atoms with Gasteiger partial charge < -0.3 is 15.0 Å². The summed E-state index contributed by atoms with van der Waals surface area (Å²) in [6.07, 6.45) is 0. The largest absolute Gasteiger partial charge is 0.497 e. The lowest BCUT2D eigenvalue weighted by molar-refractivity contribution is 0.0951. The van der Waals surface area contributed by atoms with Gasteiger partial charge in [0.2, 0.25) is 0 Å². The molecule has 1 amide bonds. The van der Waals surface area contributed by atoms with E-state index in [1.54, 1.807) is 7.11 Å². The number of hydrogen-bond donors (Lipinski definition) is 1. The molecule has 0 unspecified atom stereocenters. The van der Waals surface area contributed by atoms with Gasteiger partial charge in [0, 0.05) is 50.5 Å². The van der Waals surface area contributed by atoms with Gasteiger partial charge in [-0.3, -0.25) is 9.69 Å². The molecular formula is C26H28FN3O2. The lowest BCUT2D eigenvalue weighted by Gasteiger charge is -2.36. The maximum absolute atomic E-state index is 13.0. The van der Waals surface area contributed by atoms with Gasteiger partial charge in [0.1, 0.15) is 11.6 Å². The van der Waals surface area contributed by atoms with Crippen LogP contribution in [-0.4, -0.2) is 44.1 Å². The van der Waals surface area contributed by atoms with Crippen molar-refractivity contribution in [1.29, 1.82) is 0 Å². The number of hydrogen-bond acceptors (Lipinski definition) is 4. The van der Waals surface area contributed by atoms with Crippen LogP contribution in [0, 0.1) is 5.82 Å². The Morgan fingerprint density at radius 3 is 2.34 bits per heavy atom. The van der Waals surface area contributed by atoms with Crippen molar-refractivity contribution < 1.29 is 13.9 Å². The van der Waals surface area contributed by atoms with Gasteiger partial charge in [0.25, 0.3) is 5.91 Å². The number of anilines is 1. The van der Waals surface area contributed by atoms with Crippen molar-refractivity contribution in [3.8, 4) is 5.75 Å². The highest BCUT2D eigenvalue weighted by molar-refractivity contribution is 5.94. The molecule has 1 aliphatic heterocycles. The van der Waals surface area contributed by atoms with Crippen molar-refractivity contribution in [3.05, 3.63) is 95.3 Å². The average molecular weight is 434 g/mol. The summed E-state index contributed by atoms with van der Waals surface area (Å²) in [7, 11) is 1.68. The van der Waals surface area contributed by atoms with Crippen molar-refractivity contribution in [2.75, 3.05) is 38.2 Å². The zero-order chi connectivity index (χ0) is 22.3. The molecule has 0 radical (unpaired) electrons. The predicted octanol–water partition coefficient (Wildman–Crippen LogP) is 4.09. The molecule has 3 aromatic carbocycles. The fourth-order valence-electron chi connectivity index (χ4n) is 3.90. The third-order valence-corrected chi connectivity index (χ3v) is 5.77. The fraction of sp³-hybridized carbons (Fsp3) is 0.269. The smallest absolute Gasteiger partial charge is 0.251 e. The van der Waals surface area contributed by atoms with Crippen LogP contribution in [0.25, 0.3) is 0 Å². The van der Waals surface area contributed by atoms with Gasteiger partial charge >= 0.3 is 0 Å². The number of rotatable bonds is 7. The summed E-state index contributed by atoms with van der Waals surface area (Å²) in [6.45, 7) is 5.28. The molecule has 0 saturated carbocycles. The minimum atomic E-state index is -0.349. The van der Waals surface area contributed by atoms with Crippen molar-refractivity contribution in [2.24, 2.45) is 0 Å². The molecule has 5 nitrogen and oxygen atoms in total. The number of halogens is 1. The molecule has 0 spiro atoms. The number of nitrogens with zero attached hydrogens (tertiary/aromatic N) is 2. The summed E-state index contributed by atoms with van der Waals surface area (Å²) in [5, 5.41) is 2.91. The first-order valence-electron chi connectivity index (χ1n) is 10.8. The van der Waals surface area contributed by atoms with E-state index in [4.69, 9.17) is 4.74 Å².